The number of hydrogen-bond acceptors (Lipinski definition) is 6. The van der Waals surface area contributed by atoms with Crippen molar-refractivity contribution in [3.05, 3.63) is 59.9 Å². The quantitative estimate of drug-likeness (QED) is 0.505. The standard InChI is InChI=1S/C19H19F3N4O3S2/c1-29-15-8-6-14(7-9-15)26-17(24-25-18(26)30-2)10-11-23-31(27,28)16-5-3-4-13(12-16)19(20,21)22/h3-9,12,23H,10-11H2,1-2H3. The molecule has 0 aliphatic rings. The Morgan fingerprint density at radius 3 is 2.45 bits per heavy atom. The number of benzene rings is 2. The van der Waals surface area contributed by atoms with Crippen LogP contribution < -0.4 is 9.46 Å². The molecule has 1 aromatic heterocycles. The molecule has 0 saturated carbocycles. The molecule has 2 aromatic carbocycles. The molecule has 0 radical (unpaired) electrons. The molecule has 0 unspecified atom stereocenters. The Bertz CT molecular complexity index is 1150. The van der Waals surface area contributed by atoms with Crippen LogP contribution in [0.5, 0.6) is 5.75 Å². The number of rotatable bonds is 8. The summed E-state index contributed by atoms with van der Waals surface area (Å²) in [4.78, 5) is -0.455. The van der Waals surface area contributed by atoms with E-state index >= 15 is 0 Å². The largest absolute Gasteiger partial charge is 0.497 e. The molecule has 7 nitrogen and oxygen atoms in total. The van der Waals surface area contributed by atoms with E-state index in [1.807, 2.05) is 18.4 Å². The summed E-state index contributed by atoms with van der Waals surface area (Å²) in [5.41, 5.74) is -0.259. The number of hydrogen-bond donors (Lipinski definition) is 1. The maximum Gasteiger partial charge on any atom is 0.416 e. The zero-order valence-corrected chi connectivity index (χ0v) is 18.2. The molecule has 31 heavy (non-hydrogen) atoms. The third-order valence-electron chi connectivity index (χ3n) is 4.33. The molecule has 1 N–H and O–H groups in total. The Hall–Kier alpha value is -2.57. The van der Waals surface area contributed by atoms with Crippen LogP contribution in [-0.2, 0) is 22.6 Å². The van der Waals surface area contributed by atoms with Gasteiger partial charge in [-0.2, -0.15) is 13.2 Å². The summed E-state index contributed by atoms with van der Waals surface area (Å²) in [7, 11) is -2.57. The fourth-order valence-electron chi connectivity index (χ4n) is 2.81. The minimum Gasteiger partial charge on any atom is -0.497 e. The van der Waals surface area contributed by atoms with Crippen LogP contribution in [0.15, 0.2) is 58.6 Å². The van der Waals surface area contributed by atoms with E-state index in [1.165, 1.54) is 11.8 Å². The van der Waals surface area contributed by atoms with E-state index in [9.17, 15) is 21.6 Å². The van der Waals surface area contributed by atoms with Crippen LogP contribution in [0.2, 0.25) is 0 Å². The average molecular weight is 473 g/mol. The van der Waals surface area contributed by atoms with E-state index in [4.69, 9.17) is 4.74 Å². The number of nitrogens with one attached hydrogen (secondary N) is 1. The zero-order chi connectivity index (χ0) is 22.6. The van der Waals surface area contributed by atoms with Crippen molar-refractivity contribution < 1.29 is 26.3 Å². The summed E-state index contributed by atoms with van der Waals surface area (Å²) in [6, 6.07) is 10.8. The van der Waals surface area contributed by atoms with Gasteiger partial charge in [0.15, 0.2) is 5.16 Å². The highest BCUT2D eigenvalue weighted by atomic mass is 32.2. The van der Waals surface area contributed by atoms with Gasteiger partial charge in [0.1, 0.15) is 11.6 Å². The van der Waals surface area contributed by atoms with Crippen molar-refractivity contribution in [2.45, 2.75) is 22.6 Å². The molecule has 3 aromatic rings. The third-order valence-corrected chi connectivity index (χ3v) is 6.41. The molecule has 12 heteroatoms. The number of methoxy groups -OCH3 is 1. The smallest absolute Gasteiger partial charge is 0.416 e. The summed E-state index contributed by atoms with van der Waals surface area (Å²) in [6.07, 6.45) is -2.61. The van der Waals surface area contributed by atoms with E-state index in [0.717, 1.165) is 23.9 Å². The van der Waals surface area contributed by atoms with Gasteiger partial charge >= 0.3 is 6.18 Å². The monoisotopic (exact) mass is 472 g/mol. The number of thioether (sulfide) groups is 1. The molecule has 3 rings (SSSR count). The van der Waals surface area contributed by atoms with Crippen molar-refractivity contribution in [1.82, 2.24) is 19.5 Å². The van der Waals surface area contributed by atoms with Crippen molar-refractivity contribution in [2.75, 3.05) is 19.9 Å². The number of ether oxygens (including phenoxy) is 1. The maximum atomic E-state index is 12.9. The predicted molar refractivity (Wildman–Crippen MR) is 110 cm³/mol. The zero-order valence-electron chi connectivity index (χ0n) is 16.5. The number of sulfonamides is 1. The van der Waals surface area contributed by atoms with Crippen LogP contribution in [0.3, 0.4) is 0 Å². The van der Waals surface area contributed by atoms with Crippen LogP contribution in [0.1, 0.15) is 11.4 Å². The van der Waals surface area contributed by atoms with Crippen molar-refractivity contribution in [2.24, 2.45) is 0 Å². The van der Waals surface area contributed by atoms with Gasteiger partial charge < -0.3 is 4.74 Å². The number of alkyl halides is 3. The van der Waals surface area contributed by atoms with E-state index in [-0.39, 0.29) is 13.0 Å². The second-order valence-electron chi connectivity index (χ2n) is 6.31. The lowest BCUT2D eigenvalue weighted by molar-refractivity contribution is -0.137. The van der Waals surface area contributed by atoms with Crippen molar-refractivity contribution in [1.29, 1.82) is 0 Å². The van der Waals surface area contributed by atoms with Crippen molar-refractivity contribution in [3.8, 4) is 11.4 Å². The van der Waals surface area contributed by atoms with Crippen LogP contribution in [-0.4, -0.2) is 43.1 Å². The first-order valence-corrected chi connectivity index (χ1v) is 11.7. The number of nitrogens with zero attached hydrogens (tertiary/aromatic N) is 3. The molecule has 0 bridgehead atoms. The van der Waals surface area contributed by atoms with Crippen molar-refractivity contribution >= 4 is 21.8 Å². The molecule has 0 aliphatic carbocycles. The average Bonchev–Trinajstić information content (AvgIpc) is 3.16. The molecule has 0 aliphatic heterocycles. The molecule has 0 amide bonds. The van der Waals surface area contributed by atoms with Gasteiger partial charge in [0, 0.05) is 18.7 Å². The highest BCUT2D eigenvalue weighted by Gasteiger charge is 2.31. The first-order valence-electron chi connectivity index (χ1n) is 8.95. The minimum absolute atomic E-state index is 0.0682. The Labute approximate surface area is 181 Å². The molecule has 0 atom stereocenters. The van der Waals surface area contributed by atoms with E-state index in [1.54, 1.807) is 23.8 Å². The minimum atomic E-state index is -4.63. The Morgan fingerprint density at radius 1 is 1.13 bits per heavy atom. The van der Waals surface area contributed by atoms with Gasteiger partial charge in [0.05, 0.1) is 17.6 Å². The highest BCUT2D eigenvalue weighted by molar-refractivity contribution is 7.98. The summed E-state index contributed by atoms with van der Waals surface area (Å²) < 4.78 is 72.8. The van der Waals surface area contributed by atoms with Gasteiger partial charge in [-0.1, -0.05) is 17.8 Å². The molecule has 0 saturated heterocycles. The fraction of sp³-hybridized carbons (Fsp3) is 0.263. The maximum absolute atomic E-state index is 12.9. The number of halogens is 3. The summed E-state index contributed by atoms with van der Waals surface area (Å²) in [5, 5.41) is 8.84. The lowest BCUT2D eigenvalue weighted by Crippen LogP contribution is -2.27. The van der Waals surface area contributed by atoms with Gasteiger partial charge in [0.25, 0.3) is 0 Å². The summed E-state index contributed by atoms with van der Waals surface area (Å²) >= 11 is 1.37. The van der Waals surface area contributed by atoms with Gasteiger partial charge in [-0.15, -0.1) is 10.2 Å². The first kappa shape index (κ1) is 23.1. The Morgan fingerprint density at radius 2 is 1.84 bits per heavy atom. The normalized spacial score (nSPS) is 12.2. The Balaban J connectivity index is 1.77. The lowest BCUT2D eigenvalue weighted by Gasteiger charge is -2.12. The van der Waals surface area contributed by atoms with Crippen LogP contribution in [0, 0.1) is 0 Å². The van der Waals surface area contributed by atoms with Crippen LogP contribution in [0.25, 0.3) is 5.69 Å². The summed E-state index contributed by atoms with van der Waals surface area (Å²) in [6.45, 7) is -0.0682. The SMILES string of the molecule is COc1ccc(-n2c(CCNS(=O)(=O)c3cccc(C(F)(F)F)c3)nnc2SC)cc1. The molecule has 1 heterocycles. The van der Waals surface area contributed by atoms with Gasteiger partial charge in [-0.25, -0.2) is 13.1 Å². The number of aromatic nitrogens is 3. The molecular weight excluding hydrogens is 453 g/mol. The Kier molecular flexibility index (Phi) is 6.92. The first-order chi connectivity index (χ1) is 14.7. The third kappa shape index (κ3) is 5.38. The molecular formula is C19H19F3N4O3S2. The fourth-order valence-corrected chi connectivity index (χ4v) is 4.40. The second-order valence-corrected chi connectivity index (χ2v) is 8.85. The second kappa shape index (κ2) is 9.28. The van der Waals surface area contributed by atoms with Gasteiger partial charge in [-0.3, -0.25) is 4.57 Å². The van der Waals surface area contributed by atoms with Gasteiger partial charge in [-0.05, 0) is 48.7 Å². The van der Waals surface area contributed by atoms with E-state index in [0.29, 0.717) is 22.8 Å². The summed E-state index contributed by atoms with van der Waals surface area (Å²) in [5.74, 6) is 1.18. The topological polar surface area (TPSA) is 86.1 Å². The highest BCUT2D eigenvalue weighted by Crippen LogP contribution is 2.30. The molecule has 166 valence electrons. The molecule has 0 spiro atoms. The van der Waals surface area contributed by atoms with Gasteiger partial charge in [0.2, 0.25) is 10.0 Å². The van der Waals surface area contributed by atoms with Crippen LogP contribution in [0.4, 0.5) is 13.2 Å². The van der Waals surface area contributed by atoms with E-state index < -0.39 is 26.7 Å². The van der Waals surface area contributed by atoms with Crippen molar-refractivity contribution in [3.63, 3.8) is 0 Å². The lowest BCUT2D eigenvalue weighted by atomic mass is 10.2. The predicted octanol–water partition coefficient (Wildman–Crippen LogP) is 3.54. The van der Waals surface area contributed by atoms with Crippen LogP contribution >= 0.6 is 11.8 Å². The van der Waals surface area contributed by atoms with E-state index in [2.05, 4.69) is 14.9 Å². The molecule has 0 fully saturated rings.